The van der Waals surface area contributed by atoms with E-state index in [2.05, 4.69) is 0 Å². The number of halogens is 1. The van der Waals surface area contributed by atoms with E-state index in [4.69, 9.17) is 9.47 Å². The number of rotatable bonds is 3. The summed E-state index contributed by atoms with van der Waals surface area (Å²) in [6, 6.07) is 8.46. The van der Waals surface area contributed by atoms with Gasteiger partial charge in [-0.3, -0.25) is 4.79 Å². The Balaban J connectivity index is 2.87. The minimum absolute atomic E-state index is 0.291. The average Bonchev–Trinajstić information content (AvgIpc) is 2.45. The fourth-order valence-corrected chi connectivity index (χ4v) is 2.46. The Morgan fingerprint density at radius 3 is 2.45 bits per heavy atom. The van der Waals surface area contributed by atoms with Crippen LogP contribution in [-0.4, -0.2) is 20.2 Å². The van der Waals surface area contributed by atoms with E-state index in [0.29, 0.717) is 16.7 Å². The van der Waals surface area contributed by atoms with Gasteiger partial charge < -0.3 is 9.47 Å². The number of fused-ring (bicyclic) bond motifs is 1. The molecule has 20 heavy (non-hydrogen) atoms. The number of hydrogen-bond acceptors (Lipinski definition) is 3. The summed E-state index contributed by atoms with van der Waals surface area (Å²) in [5.41, 5.74) is -0.813. The predicted octanol–water partition coefficient (Wildman–Crippen LogP) is 3.44. The van der Waals surface area contributed by atoms with Crippen molar-refractivity contribution in [2.45, 2.75) is 19.3 Å². The van der Waals surface area contributed by atoms with Gasteiger partial charge in [-0.05, 0) is 31.4 Å². The van der Waals surface area contributed by atoms with E-state index in [0.717, 1.165) is 5.39 Å². The van der Waals surface area contributed by atoms with Crippen molar-refractivity contribution in [2.75, 3.05) is 14.2 Å². The lowest BCUT2D eigenvalue weighted by atomic mass is 9.81. The molecule has 0 saturated heterocycles. The van der Waals surface area contributed by atoms with E-state index in [1.54, 1.807) is 26.0 Å². The van der Waals surface area contributed by atoms with Gasteiger partial charge in [0.2, 0.25) is 0 Å². The van der Waals surface area contributed by atoms with Crippen LogP contribution >= 0.6 is 0 Å². The van der Waals surface area contributed by atoms with Crippen LogP contribution in [-0.2, 0) is 14.9 Å². The zero-order valence-corrected chi connectivity index (χ0v) is 12.0. The molecule has 0 radical (unpaired) electrons. The topological polar surface area (TPSA) is 35.5 Å². The number of ether oxygens (including phenoxy) is 2. The number of carbonyl (C=O) groups is 1. The quantitative estimate of drug-likeness (QED) is 0.806. The van der Waals surface area contributed by atoms with Crippen molar-refractivity contribution in [1.82, 2.24) is 0 Å². The highest BCUT2D eigenvalue weighted by atomic mass is 19.1. The van der Waals surface area contributed by atoms with Gasteiger partial charge in [0.25, 0.3) is 0 Å². The maximum atomic E-state index is 14.4. The SMILES string of the molecule is COC(=O)C(C)(C)c1c(F)ccc2cccc(OC)c12. The van der Waals surface area contributed by atoms with E-state index in [1.807, 2.05) is 12.1 Å². The van der Waals surface area contributed by atoms with Crippen molar-refractivity contribution in [1.29, 1.82) is 0 Å². The molecule has 0 N–H and O–H groups in total. The minimum atomic E-state index is -1.10. The van der Waals surface area contributed by atoms with Gasteiger partial charge in [0, 0.05) is 10.9 Å². The molecule has 0 fully saturated rings. The highest BCUT2D eigenvalue weighted by Crippen LogP contribution is 2.38. The average molecular weight is 276 g/mol. The van der Waals surface area contributed by atoms with Crippen molar-refractivity contribution >= 4 is 16.7 Å². The van der Waals surface area contributed by atoms with Crippen LogP contribution in [0.3, 0.4) is 0 Å². The molecule has 2 aromatic carbocycles. The molecule has 3 nitrogen and oxygen atoms in total. The molecule has 0 atom stereocenters. The van der Waals surface area contributed by atoms with Crippen LogP contribution in [0.25, 0.3) is 10.8 Å². The number of esters is 1. The third-order valence-electron chi connectivity index (χ3n) is 3.50. The molecule has 106 valence electrons. The Morgan fingerprint density at radius 2 is 1.85 bits per heavy atom. The largest absolute Gasteiger partial charge is 0.496 e. The summed E-state index contributed by atoms with van der Waals surface area (Å²) in [6.45, 7) is 3.28. The third-order valence-corrected chi connectivity index (χ3v) is 3.50. The van der Waals surface area contributed by atoms with E-state index >= 15 is 0 Å². The van der Waals surface area contributed by atoms with E-state index in [1.165, 1.54) is 20.3 Å². The molecule has 0 bridgehead atoms. The van der Waals surface area contributed by atoms with Gasteiger partial charge in [-0.15, -0.1) is 0 Å². The first-order valence-electron chi connectivity index (χ1n) is 6.27. The Bertz CT molecular complexity index is 662. The number of methoxy groups -OCH3 is 2. The number of benzene rings is 2. The molecular formula is C16H17FO3. The molecule has 0 heterocycles. The molecule has 0 amide bonds. The summed E-state index contributed by atoms with van der Waals surface area (Å²) in [6.07, 6.45) is 0. The van der Waals surface area contributed by atoms with Crippen LogP contribution < -0.4 is 4.74 Å². The molecule has 0 saturated carbocycles. The smallest absolute Gasteiger partial charge is 0.315 e. The monoisotopic (exact) mass is 276 g/mol. The maximum Gasteiger partial charge on any atom is 0.315 e. The lowest BCUT2D eigenvalue weighted by Gasteiger charge is -2.25. The third kappa shape index (κ3) is 2.11. The van der Waals surface area contributed by atoms with E-state index < -0.39 is 17.2 Å². The Hall–Kier alpha value is -2.10. The van der Waals surface area contributed by atoms with E-state index in [-0.39, 0.29) is 0 Å². The normalized spacial score (nSPS) is 11.4. The lowest BCUT2D eigenvalue weighted by molar-refractivity contribution is -0.146. The van der Waals surface area contributed by atoms with Gasteiger partial charge >= 0.3 is 5.97 Å². The molecule has 0 spiro atoms. The zero-order valence-electron chi connectivity index (χ0n) is 12.0. The summed E-state index contributed by atoms with van der Waals surface area (Å²) in [4.78, 5) is 12.0. The Labute approximate surface area is 117 Å². The maximum absolute atomic E-state index is 14.4. The Kier molecular flexibility index (Phi) is 3.66. The predicted molar refractivity (Wildman–Crippen MR) is 75.5 cm³/mol. The van der Waals surface area contributed by atoms with Crippen molar-refractivity contribution in [3.63, 3.8) is 0 Å². The minimum Gasteiger partial charge on any atom is -0.496 e. The van der Waals surface area contributed by atoms with Crippen LogP contribution in [0.5, 0.6) is 5.75 Å². The molecular weight excluding hydrogens is 259 g/mol. The molecule has 2 rings (SSSR count). The van der Waals surface area contributed by atoms with Crippen molar-refractivity contribution in [3.8, 4) is 5.75 Å². The molecule has 0 unspecified atom stereocenters. The number of carbonyl (C=O) groups excluding carboxylic acids is 1. The molecule has 0 aliphatic rings. The van der Waals surface area contributed by atoms with Crippen molar-refractivity contribution < 1.29 is 18.7 Å². The standard InChI is InChI=1S/C16H17FO3/c1-16(2,15(18)20-4)14-11(17)9-8-10-6-5-7-12(19-3)13(10)14/h5-9H,1-4H3. The second-order valence-electron chi connectivity index (χ2n) is 5.10. The number of hydrogen-bond donors (Lipinski definition) is 0. The summed E-state index contributed by atoms with van der Waals surface area (Å²) in [5, 5.41) is 1.42. The molecule has 2 aromatic rings. The van der Waals surface area contributed by atoms with Crippen LogP contribution in [0.4, 0.5) is 4.39 Å². The highest BCUT2D eigenvalue weighted by Gasteiger charge is 2.36. The van der Waals surface area contributed by atoms with Crippen LogP contribution in [0.2, 0.25) is 0 Å². The molecule has 0 aromatic heterocycles. The van der Waals surface area contributed by atoms with E-state index in [9.17, 15) is 9.18 Å². The first-order chi connectivity index (χ1) is 9.43. The molecule has 4 heteroatoms. The van der Waals surface area contributed by atoms with Gasteiger partial charge in [0.1, 0.15) is 11.6 Å². The van der Waals surface area contributed by atoms with Crippen molar-refractivity contribution in [3.05, 3.63) is 41.7 Å². The summed E-state index contributed by atoms with van der Waals surface area (Å²) in [5.74, 6) is -0.402. The van der Waals surface area contributed by atoms with Gasteiger partial charge in [-0.2, -0.15) is 0 Å². The summed E-state index contributed by atoms with van der Waals surface area (Å²) >= 11 is 0. The van der Waals surface area contributed by atoms with Gasteiger partial charge in [0.05, 0.1) is 19.6 Å². The summed E-state index contributed by atoms with van der Waals surface area (Å²) in [7, 11) is 2.82. The second-order valence-corrected chi connectivity index (χ2v) is 5.10. The molecule has 0 aliphatic heterocycles. The Morgan fingerprint density at radius 1 is 1.15 bits per heavy atom. The lowest BCUT2D eigenvalue weighted by Crippen LogP contribution is -2.31. The van der Waals surface area contributed by atoms with Gasteiger partial charge in [0.15, 0.2) is 0 Å². The fourth-order valence-electron chi connectivity index (χ4n) is 2.46. The second kappa shape index (κ2) is 5.12. The van der Waals surface area contributed by atoms with Gasteiger partial charge in [-0.25, -0.2) is 4.39 Å². The summed E-state index contributed by atoms with van der Waals surface area (Å²) < 4.78 is 24.5. The van der Waals surface area contributed by atoms with Crippen LogP contribution in [0.1, 0.15) is 19.4 Å². The first kappa shape index (κ1) is 14.3. The highest BCUT2D eigenvalue weighted by molar-refractivity contribution is 5.97. The van der Waals surface area contributed by atoms with Crippen LogP contribution in [0, 0.1) is 5.82 Å². The molecule has 0 aliphatic carbocycles. The fraction of sp³-hybridized carbons (Fsp3) is 0.312. The van der Waals surface area contributed by atoms with Crippen molar-refractivity contribution in [2.24, 2.45) is 0 Å². The van der Waals surface area contributed by atoms with Crippen LogP contribution in [0.15, 0.2) is 30.3 Å². The zero-order chi connectivity index (χ0) is 14.9. The van der Waals surface area contributed by atoms with Gasteiger partial charge in [-0.1, -0.05) is 18.2 Å². The first-order valence-corrected chi connectivity index (χ1v) is 6.27.